The number of guanidine groups is 1. The molecule has 0 radical (unpaired) electrons. The number of aromatic nitrogens is 1. The lowest BCUT2D eigenvalue weighted by molar-refractivity contribution is 0.414. The molecule has 7 heteroatoms. The molecular weight excluding hydrogens is 358 g/mol. The average Bonchev–Trinajstić information content (AvgIpc) is 3.38. The van der Waals surface area contributed by atoms with E-state index in [1.54, 1.807) is 18.4 Å². The number of rotatable bonds is 8. The van der Waals surface area contributed by atoms with E-state index in [-0.39, 0.29) is 0 Å². The van der Waals surface area contributed by atoms with Crippen LogP contribution in [0.15, 0.2) is 34.6 Å². The van der Waals surface area contributed by atoms with Crippen LogP contribution in [0.1, 0.15) is 31.0 Å². The highest BCUT2D eigenvalue weighted by Gasteiger charge is 2.15. The van der Waals surface area contributed by atoms with Gasteiger partial charge in [0.05, 0.1) is 19.3 Å². The summed E-state index contributed by atoms with van der Waals surface area (Å²) in [6.45, 7) is 6.66. The molecule has 2 aromatic rings. The molecule has 1 aromatic heterocycles. The first-order chi connectivity index (χ1) is 13.3. The third kappa shape index (κ3) is 5.85. The van der Waals surface area contributed by atoms with Gasteiger partial charge in [0.25, 0.3) is 0 Å². The first kappa shape index (κ1) is 19.5. The molecule has 6 nitrogen and oxygen atoms in total. The first-order valence-electron chi connectivity index (χ1n) is 9.63. The molecule has 0 unspecified atom stereocenters. The lowest BCUT2D eigenvalue weighted by atomic mass is 10.2. The fourth-order valence-corrected chi connectivity index (χ4v) is 3.93. The van der Waals surface area contributed by atoms with Crippen molar-refractivity contribution in [1.29, 1.82) is 0 Å². The maximum Gasteiger partial charge on any atom is 0.191 e. The molecule has 0 aliphatic carbocycles. The Morgan fingerprint density at radius 2 is 2.00 bits per heavy atom. The highest BCUT2D eigenvalue weighted by molar-refractivity contribution is 7.13. The zero-order valence-electron chi connectivity index (χ0n) is 16.2. The molecule has 2 N–H and O–H groups in total. The number of anilines is 1. The molecule has 146 valence electrons. The van der Waals surface area contributed by atoms with Gasteiger partial charge in [0.1, 0.15) is 5.75 Å². The number of benzene rings is 1. The van der Waals surface area contributed by atoms with Crippen molar-refractivity contribution >= 4 is 22.4 Å². The normalized spacial score (nSPS) is 14.4. The number of hydrogen-bond acceptors (Lipinski definition) is 5. The van der Waals surface area contributed by atoms with Gasteiger partial charge in [0.15, 0.2) is 11.1 Å². The van der Waals surface area contributed by atoms with E-state index in [2.05, 4.69) is 32.8 Å². The molecule has 1 aromatic carbocycles. The molecule has 0 amide bonds. The smallest absolute Gasteiger partial charge is 0.191 e. The van der Waals surface area contributed by atoms with Crippen LogP contribution in [-0.2, 0) is 13.0 Å². The van der Waals surface area contributed by atoms with Crippen LogP contribution < -0.4 is 20.3 Å². The van der Waals surface area contributed by atoms with E-state index in [0.29, 0.717) is 6.54 Å². The monoisotopic (exact) mass is 387 g/mol. The lowest BCUT2D eigenvalue weighted by Crippen LogP contribution is -2.38. The number of hydrogen-bond donors (Lipinski definition) is 2. The topological polar surface area (TPSA) is 61.8 Å². The van der Waals surface area contributed by atoms with Gasteiger partial charge in [0.2, 0.25) is 0 Å². The molecule has 2 heterocycles. The van der Waals surface area contributed by atoms with Crippen molar-refractivity contribution in [3.8, 4) is 5.75 Å². The highest BCUT2D eigenvalue weighted by Crippen LogP contribution is 2.24. The number of methoxy groups -OCH3 is 1. The van der Waals surface area contributed by atoms with Gasteiger partial charge in [-0.25, -0.2) is 9.98 Å². The third-order valence-corrected chi connectivity index (χ3v) is 5.46. The van der Waals surface area contributed by atoms with Crippen molar-refractivity contribution in [1.82, 2.24) is 15.6 Å². The standard InChI is InChI=1S/C20H29N5OS/c1-3-21-19(23-14-16-6-8-18(26-2)9-7-16)22-11-10-17-15-27-20(24-17)25-12-4-5-13-25/h6-9,15H,3-5,10-14H2,1-2H3,(H2,21,22,23). The fraction of sp³-hybridized carbons (Fsp3) is 0.500. The van der Waals surface area contributed by atoms with Crippen LogP contribution >= 0.6 is 11.3 Å². The molecule has 3 rings (SSSR count). The summed E-state index contributed by atoms with van der Waals surface area (Å²) in [4.78, 5) is 11.8. The summed E-state index contributed by atoms with van der Waals surface area (Å²) in [5, 5.41) is 10.1. The van der Waals surface area contributed by atoms with Crippen LogP contribution in [0.4, 0.5) is 5.13 Å². The van der Waals surface area contributed by atoms with Crippen LogP contribution in [0.3, 0.4) is 0 Å². The highest BCUT2D eigenvalue weighted by atomic mass is 32.1. The van der Waals surface area contributed by atoms with E-state index < -0.39 is 0 Å². The van der Waals surface area contributed by atoms with Gasteiger partial charge in [-0.1, -0.05) is 12.1 Å². The largest absolute Gasteiger partial charge is 0.497 e. The van der Waals surface area contributed by atoms with Crippen molar-refractivity contribution in [2.45, 2.75) is 32.7 Å². The molecule has 0 bridgehead atoms. The Bertz CT molecular complexity index is 722. The zero-order valence-corrected chi connectivity index (χ0v) is 17.0. The van der Waals surface area contributed by atoms with Crippen LogP contribution in [0, 0.1) is 0 Å². The van der Waals surface area contributed by atoms with E-state index >= 15 is 0 Å². The predicted octanol–water partition coefficient (Wildman–Crippen LogP) is 3.05. The Morgan fingerprint density at radius 3 is 2.70 bits per heavy atom. The summed E-state index contributed by atoms with van der Waals surface area (Å²) in [6.07, 6.45) is 3.47. The lowest BCUT2D eigenvalue weighted by Gasteiger charge is -2.12. The van der Waals surface area contributed by atoms with Gasteiger partial charge in [-0.05, 0) is 37.5 Å². The molecule has 27 heavy (non-hydrogen) atoms. The quantitative estimate of drug-likeness (QED) is 0.538. The minimum absolute atomic E-state index is 0.634. The second-order valence-electron chi connectivity index (χ2n) is 6.54. The molecule has 0 atom stereocenters. The summed E-state index contributed by atoms with van der Waals surface area (Å²) in [6, 6.07) is 8.01. The van der Waals surface area contributed by atoms with Crippen LogP contribution in [0.2, 0.25) is 0 Å². The minimum Gasteiger partial charge on any atom is -0.497 e. The van der Waals surface area contributed by atoms with Crippen molar-refractivity contribution in [2.75, 3.05) is 38.2 Å². The van der Waals surface area contributed by atoms with E-state index in [1.807, 2.05) is 24.3 Å². The van der Waals surface area contributed by atoms with Gasteiger partial charge in [-0.2, -0.15) is 0 Å². The first-order valence-corrected chi connectivity index (χ1v) is 10.5. The molecule has 0 spiro atoms. The number of aliphatic imine (C=N–C) groups is 1. The summed E-state index contributed by atoms with van der Waals surface area (Å²) >= 11 is 1.76. The second kappa shape index (κ2) is 10.2. The summed E-state index contributed by atoms with van der Waals surface area (Å²) in [7, 11) is 1.68. The minimum atomic E-state index is 0.634. The van der Waals surface area contributed by atoms with Crippen molar-refractivity contribution in [2.24, 2.45) is 4.99 Å². The Kier molecular flexibility index (Phi) is 7.33. The van der Waals surface area contributed by atoms with Crippen molar-refractivity contribution < 1.29 is 4.74 Å². The fourth-order valence-electron chi connectivity index (χ4n) is 3.02. The van der Waals surface area contributed by atoms with E-state index in [0.717, 1.165) is 55.6 Å². The van der Waals surface area contributed by atoms with Crippen LogP contribution in [-0.4, -0.2) is 44.2 Å². The molecule has 1 fully saturated rings. The van der Waals surface area contributed by atoms with Gasteiger partial charge in [-0.3, -0.25) is 0 Å². The van der Waals surface area contributed by atoms with E-state index in [9.17, 15) is 0 Å². The van der Waals surface area contributed by atoms with Crippen molar-refractivity contribution in [3.63, 3.8) is 0 Å². The Labute approximate surface area is 165 Å². The SMILES string of the molecule is CCNC(=NCc1ccc(OC)cc1)NCCc1csc(N2CCCC2)n1. The van der Waals surface area contributed by atoms with Gasteiger partial charge in [0, 0.05) is 38.0 Å². The summed E-state index contributed by atoms with van der Waals surface area (Å²) in [5.74, 6) is 1.70. The number of ether oxygens (including phenoxy) is 1. The summed E-state index contributed by atoms with van der Waals surface area (Å²) < 4.78 is 5.19. The molecule has 0 saturated carbocycles. The summed E-state index contributed by atoms with van der Waals surface area (Å²) in [5.41, 5.74) is 2.31. The number of nitrogens with zero attached hydrogens (tertiary/aromatic N) is 3. The number of thiazole rings is 1. The average molecular weight is 388 g/mol. The molecule has 1 aliphatic rings. The second-order valence-corrected chi connectivity index (χ2v) is 7.37. The predicted molar refractivity (Wildman–Crippen MR) is 113 cm³/mol. The van der Waals surface area contributed by atoms with Crippen molar-refractivity contribution in [3.05, 3.63) is 40.9 Å². The van der Waals surface area contributed by atoms with Crippen LogP contribution in [0.25, 0.3) is 0 Å². The van der Waals surface area contributed by atoms with Crippen LogP contribution in [0.5, 0.6) is 5.75 Å². The zero-order chi connectivity index (χ0) is 18.9. The van der Waals surface area contributed by atoms with E-state index in [4.69, 9.17) is 9.72 Å². The maximum absolute atomic E-state index is 5.19. The number of nitrogens with one attached hydrogen (secondary N) is 2. The van der Waals surface area contributed by atoms with Gasteiger partial charge >= 0.3 is 0 Å². The molecular formula is C20H29N5OS. The molecule has 1 saturated heterocycles. The Balaban J connectivity index is 1.48. The third-order valence-electron chi connectivity index (χ3n) is 4.51. The van der Waals surface area contributed by atoms with Gasteiger partial charge < -0.3 is 20.3 Å². The Morgan fingerprint density at radius 1 is 1.22 bits per heavy atom. The molecule has 1 aliphatic heterocycles. The Hall–Kier alpha value is -2.28. The van der Waals surface area contributed by atoms with E-state index in [1.165, 1.54) is 18.0 Å². The van der Waals surface area contributed by atoms with Gasteiger partial charge in [-0.15, -0.1) is 11.3 Å². The maximum atomic E-state index is 5.19.